The molecular formula is C11H19NO6. The van der Waals surface area contributed by atoms with E-state index < -0.39 is 37.3 Å². The van der Waals surface area contributed by atoms with Gasteiger partial charge in [-0.3, -0.25) is 4.79 Å². The minimum atomic E-state index is -1.30. The van der Waals surface area contributed by atoms with Crippen molar-refractivity contribution in [3.05, 3.63) is 12.7 Å². The highest BCUT2D eigenvalue weighted by atomic mass is 16.7. The van der Waals surface area contributed by atoms with Crippen molar-refractivity contribution in [1.29, 1.82) is 0 Å². The number of nitrogens with one attached hydrogen (secondary N) is 1. The lowest BCUT2D eigenvalue weighted by molar-refractivity contribution is -0.267. The van der Waals surface area contributed by atoms with E-state index in [0.717, 1.165) is 0 Å². The van der Waals surface area contributed by atoms with Gasteiger partial charge in [0.15, 0.2) is 6.29 Å². The molecule has 0 aromatic carbocycles. The monoisotopic (exact) mass is 261 g/mol. The number of hydrogen-bond donors (Lipinski definition) is 4. The Labute approximate surface area is 105 Å². The van der Waals surface area contributed by atoms with Crippen molar-refractivity contribution in [1.82, 2.24) is 5.32 Å². The zero-order chi connectivity index (χ0) is 13.7. The maximum Gasteiger partial charge on any atom is 0.217 e. The van der Waals surface area contributed by atoms with E-state index in [0.29, 0.717) is 0 Å². The van der Waals surface area contributed by atoms with Gasteiger partial charge in [-0.2, -0.15) is 0 Å². The third-order valence-corrected chi connectivity index (χ3v) is 2.63. The van der Waals surface area contributed by atoms with Crippen LogP contribution in [0.5, 0.6) is 0 Å². The second-order valence-electron chi connectivity index (χ2n) is 4.05. The van der Waals surface area contributed by atoms with E-state index in [-0.39, 0.29) is 12.5 Å². The van der Waals surface area contributed by atoms with Crippen LogP contribution in [-0.4, -0.2) is 65.1 Å². The van der Waals surface area contributed by atoms with Crippen LogP contribution in [0.3, 0.4) is 0 Å². The van der Waals surface area contributed by atoms with E-state index in [2.05, 4.69) is 11.9 Å². The summed E-state index contributed by atoms with van der Waals surface area (Å²) in [6.45, 7) is 4.45. The molecule has 0 aromatic rings. The van der Waals surface area contributed by atoms with Crippen molar-refractivity contribution in [3.63, 3.8) is 0 Å². The first-order valence-electron chi connectivity index (χ1n) is 5.63. The molecule has 1 heterocycles. The molecule has 0 unspecified atom stereocenters. The summed E-state index contributed by atoms with van der Waals surface area (Å²) in [5.41, 5.74) is 0. The van der Waals surface area contributed by atoms with Crippen molar-refractivity contribution >= 4 is 5.91 Å². The summed E-state index contributed by atoms with van der Waals surface area (Å²) in [5.74, 6) is -0.385. The van der Waals surface area contributed by atoms with E-state index in [4.69, 9.17) is 14.6 Å². The molecule has 0 saturated carbocycles. The molecule has 0 radical (unpaired) electrons. The number of aliphatic hydroxyl groups is 3. The molecule has 0 aliphatic carbocycles. The molecule has 1 aliphatic heterocycles. The molecule has 0 bridgehead atoms. The van der Waals surface area contributed by atoms with E-state index in [9.17, 15) is 15.0 Å². The van der Waals surface area contributed by atoms with Crippen LogP contribution in [0.15, 0.2) is 12.7 Å². The molecule has 1 fully saturated rings. The molecule has 104 valence electrons. The Balaban J connectivity index is 2.79. The van der Waals surface area contributed by atoms with Gasteiger partial charge in [0.2, 0.25) is 5.91 Å². The molecule has 1 aliphatic rings. The Morgan fingerprint density at radius 1 is 1.50 bits per heavy atom. The topological polar surface area (TPSA) is 108 Å². The summed E-state index contributed by atoms with van der Waals surface area (Å²) in [5, 5.41) is 31.1. The number of ether oxygens (including phenoxy) is 2. The minimum Gasteiger partial charge on any atom is -0.394 e. The first-order chi connectivity index (χ1) is 8.51. The molecule has 18 heavy (non-hydrogen) atoms. The average Bonchev–Trinajstić information content (AvgIpc) is 2.33. The van der Waals surface area contributed by atoms with Gasteiger partial charge in [0, 0.05) is 6.92 Å². The van der Waals surface area contributed by atoms with Crippen molar-refractivity contribution in [2.45, 2.75) is 37.6 Å². The smallest absolute Gasteiger partial charge is 0.217 e. The summed E-state index contributed by atoms with van der Waals surface area (Å²) in [6, 6.07) is -0.903. The van der Waals surface area contributed by atoms with Gasteiger partial charge < -0.3 is 30.1 Å². The first-order valence-corrected chi connectivity index (χ1v) is 5.63. The SMILES string of the molecule is C=CCO[C@H]1O[C@H](CO)[C@@H](O)[C@H](O)[C@H]1NC(C)=O. The largest absolute Gasteiger partial charge is 0.394 e. The standard InChI is InChI=1S/C11H19NO6/c1-3-4-17-11-8(12-6(2)14)10(16)9(15)7(5-13)18-11/h3,7-11,13,15-16H,1,4-5H2,2H3,(H,12,14)/t7-,8-,9-,10-,11+/m1/s1. The van der Waals surface area contributed by atoms with Crippen molar-refractivity contribution < 1.29 is 29.6 Å². The van der Waals surface area contributed by atoms with Gasteiger partial charge in [-0.15, -0.1) is 6.58 Å². The highest BCUT2D eigenvalue weighted by Crippen LogP contribution is 2.22. The fraction of sp³-hybridized carbons (Fsp3) is 0.727. The molecule has 7 nitrogen and oxygen atoms in total. The van der Waals surface area contributed by atoms with Gasteiger partial charge >= 0.3 is 0 Å². The second kappa shape index (κ2) is 6.81. The third-order valence-electron chi connectivity index (χ3n) is 2.63. The number of hydrogen-bond acceptors (Lipinski definition) is 6. The molecule has 0 spiro atoms. The van der Waals surface area contributed by atoms with E-state index in [1.165, 1.54) is 13.0 Å². The predicted molar refractivity (Wildman–Crippen MR) is 61.5 cm³/mol. The lowest BCUT2D eigenvalue weighted by Gasteiger charge is -2.42. The molecule has 4 N–H and O–H groups in total. The number of amides is 1. The van der Waals surface area contributed by atoms with Crippen molar-refractivity contribution in [2.24, 2.45) is 0 Å². The number of carbonyl (C=O) groups is 1. The van der Waals surface area contributed by atoms with Gasteiger partial charge in [0.05, 0.1) is 13.2 Å². The van der Waals surface area contributed by atoms with E-state index in [1.807, 2.05) is 0 Å². The van der Waals surface area contributed by atoms with Crippen LogP contribution in [0.4, 0.5) is 0 Å². The number of carbonyl (C=O) groups excluding carboxylic acids is 1. The lowest BCUT2D eigenvalue weighted by atomic mass is 9.97. The summed E-state index contributed by atoms with van der Waals surface area (Å²) < 4.78 is 10.5. The van der Waals surface area contributed by atoms with Crippen LogP contribution >= 0.6 is 0 Å². The lowest BCUT2D eigenvalue weighted by Crippen LogP contribution is -2.64. The molecule has 0 aromatic heterocycles. The zero-order valence-electron chi connectivity index (χ0n) is 10.2. The zero-order valence-corrected chi connectivity index (χ0v) is 10.2. The molecule has 1 rings (SSSR count). The predicted octanol–water partition coefficient (Wildman–Crippen LogP) is -1.87. The quantitative estimate of drug-likeness (QED) is 0.432. The Morgan fingerprint density at radius 3 is 2.67 bits per heavy atom. The molecular weight excluding hydrogens is 242 g/mol. The van der Waals surface area contributed by atoms with Gasteiger partial charge in [0.25, 0.3) is 0 Å². The van der Waals surface area contributed by atoms with Crippen LogP contribution in [0.2, 0.25) is 0 Å². The van der Waals surface area contributed by atoms with Gasteiger partial charge in [-0.1, -0.05) is 6.08 Å². The van der Waals surface area contributed by atoms with Crippen LogP contribution in [-0.2, 0) is 14.3 Å². The number of aliphatic hydroxyl groups excluding tert-OH is 3. The number of rotatable bonds is 5. The average molecular weight is 261 g/mol. The Morgan fingerprint density at radius 2 is 2.17 bits per heavy atom. The highest BCUT2D eigenvalue weighted by Gasteiger charge is 2.45. The Hall–Kier alpha value is -0.990. The van der Waals surface area contributed by atoms with Gasteiger partial charge in [0.1, 0.15) is 24.4 Å². The summed E-state index contributed by atoms with van der Waals surface area (Å²) in [6.07, 6.45) is -3.01. The molecule has 7 heteroatoms. The maximum atomic E-state index is 11.1. The van der Waals surface area contributed by atoms with Crippen molar-refractivity contribution in [2.75, 3.05) is 13.2 Å². The minimum absolute atomic E-state index is 0.154. The van der Waals surface area contributed by atoms with Gasteiger partial charge in [-0.25, -0.2) is 0 Å². The fourth-order valence-corrected chi connectivity index (χ4v) is 1.78. The summed E-state index contributed by atoms with van der Waals surface area (Å²) in [7, 11) is 0. The molecule has 5 atom stereocenters. The Bertz CT molecular complexity index is 297. The van der Waals surface area contributed by atoms with E-state index >= 15 is 0 Å². The third kappa shape index (κ3) is 3.50. The summed E-state index contributed by atoms with van der Waals surface area (Å²) in [4.78, 5) is 11.1. The normalized spacial score (nSPS) is 36.1. The fourth-order valence-electron chi connectivity index (χ4n) is 1.78. The summed E-state index contributed by atoms with van der Waals surface area (Å²) >= 11 is 0. The second-order valence-corrected chi connectivity index (χ2v) is 4.05. The van der Waals surface area contributed by atoms with E-state index in [1.54, 1.807) is 0 Å². The van der Waals surface area contributed by atoms with Crippen molar-refractivity contribution in [3.8, 4) is 0 Å². The van der Waals surface area contributed by atoms with Crippen LogP contribution < -0.4 is 5.32 Å². The highest BCUT2D eigenvalue weighted by molar-refractivity contribution is 5.73. The molecule has 1 amide bonds. The van der Waals surface area contributed by atoms with Crippen LogP contribution in [0.1, 0.15) is 6.92 Å². The molecule has 1 saturated heterocycles. The van der Waals surface area contributed by atoms with Crippen LogP contribution in [0.25, 0.3) is 0 Å². The maximum absolute atomic E-state index is 11.1. The Kier molecular flexibility index (Phi) is 5.70. The van der Waals surface area contributed by atoms with Crippen LogP contribution in [0, 0.1) is 0 Å². The van der Waals surface area contributed by atoms with Gasteiger partial charge in [-0.05, 0) is 0 Å². The first kappa shape index (κ1) is 15.1.